The van der Waals surface area contributed by atoms with E-state index in [1.807, 2.05) is 6.92 Å². The molecule has 2 rings (SSSR count). The van der Waals surface area contributed by atoms with Gasteiger partial charge in [0.05, 0.1) is 13.1 Å². The molecule has 2 N–H and O–H groups in total. The summed E-state index contributed by atoms with van der Waals surface area (Å²) in [6, 6.07) is 5.05. The molecule has 0 spiro atoms. The van der Waals surface area contributed by atoms with E-state index in [1.165, 1.54) is 0 Å². The van der Waals surface area contributed by atoms with E-state index in [1.54, 1.807) is 23.1 Å². The minimum absolute atomic E-state index is 0.0762. The van der Waals surface area contributed by atoms with Crippen molar-refractivity contribution in [3.05, 3.63) is 23.8 Å². The summed E-state index contributed by atoms with van der Waals surface area (Å²) in [6.07, 6.45) is 0. The summed E-state index contributed by atoms with van der Waals surface area (Å²) in [7, 11) is 0. The van der Waals surface area contributed by atoms with Crippen molar-refractivity contribution >= 4 is 11.7 Å². The van der Waals surface area contributed by atoms with E-state index in [4.69, 9.17) is 15.2 Å². The second-order valence-corrected chi connectivity index (χ2v) is 4.26. The summed E-state index contributed by atoms with van der Waals surface area (Å²) in [6.45, 7) is 2.86. The number of rotatable bonds is 6. The van der Waals surface area contributed by atoms with Crippen LogP contribution in [0.15, 0.2) is 18.2 Å². The van der Waals surface area contributed by atoms with Crippen LogP contribution in [0, 0.1) is 0 Å². The van der Waals surface area contributed by atoms with Crippen LogP contribution in [0.3, 0.4) is 0 Å². The fourth-order valence-corrected chi connectivity index (χ4v) is 1.86. The Morgan fingerprint density at radius 2 is 2.00 bits per heavy atom. The van der Waals surface area contributed by atoms with Crippen LogP contribution in [0.5, 0.6) is 11.5 Å². The highest BCUT2D eigenvalue weighted by Gasteiger charge is 2.18. The molecule has 0 radical (unpaired) electrons. The molecule has 1 aromatic carbocycles. The lowest BCUT2D eigenvalue weighted by atomic mass is 10.1. The third kappa shape index (κ3) is 3.23. The SMILES string of the molecule is CCN(CC(N)=O)CC(=O)c1ccc2c(c1)OCO2. The second-order valence-electron chi connectivity index (χ2n) is 4.26. The number of benzene rings is 1. The topological polar surface area (TPSA) is 81.9 Å². The molecule has 1 amide bonds. The van der Waals surface area contributed by atoms with Crippen molar-refractivity contribution in [2.45, 2.75) is 6.92 Å². The molecular formula is C13H16N2O4. The number of amides is 1. The first kappa shape index (κ1) is 13.4. The highest BCUT2D eigenvalue weighted by Crippen LogP contribution is 2.32. The summed E-state index contributed by atoms with van der Waals surface area (Å²) in [5, 5.41) is 0. The van der Waals surface area contributed by atoms with E-state index in [0.29, 0.717) is 23.6 Å². The zero-order valence-corrected chi connectivity index (χ0v) is 10.7. The number of carbonyl (C=O) groups excluding carboxylic acids is 2. The van der Waals surface area contributed by atoms with Crippen LogP contribution in [-0.2, 0) is 4.79 Å². The first-order valence-corrected chi connectivity index (χ1v) is 6.03. The van der Waals surface area contributed by atoms with Crippen molar-refractivity contribution in [2.75, 3.05) is 26.4 Å². The number of Topliss-reactive ketones (excluding diaryl/α,β-unsaturated/α-hetero) is 1. The van der Waals surface area contributed by atoms with Crippen molar-refractivity contribution in [1.29, 1.82) is 0 Å². The van der Waals surface area contributed by atoms with Crippen LogP contribution in [0.2, 0.25) is 0 Å². The van der Waals surface area contributed by atoms with Gasteiger partial charge in [-0.05, 0) is 24.7 Å². The summed E-state index contributed by atoms with van der Waals surface area (Å²) in [4.78, 5) is 24.7. The minimum Gasteiger partial charge on any atom is -0.454 e. The zero-order valence-electron chi connectivity index (χ0n) is 10.7. The lowest BCUT2D eigenvalue weighted by Gasteiger charge is -2.17. The van der Waals surface area contributed by atoms with Gasteiger partial charge in [-0.3, -0.25) is 14.5 Å². The first-order chi connectivity index (χ1) is 9.10. The Morgan fingerprint density at radius 1 is 1.26 bits per heavy atom. The third-order valence-electron chi connectivity index (χ3n) is 2.89. The van der Waals surface area contributed by atoms with Gasteiger partial charge in [0, 0.05) is 5.56 Å². The molecule has 1 heterocycles. The smallest absolute Gasteiger partial charge is 0.231 e. The van der Waals surface area contributed by atoms with Crippen LogP contribution < -0.4 is 15.2 Å². The average molecular weight is 264 g/mol. The molecule has 1 aliphatic heterocycles. The molecule has 0 fully saturated rings. The highest BCUT2D eigenvalue weighted by molar-refractivity contribution is 5.98. The van der Waals surface area contributed by atoms with Gasteiger partial charge in [0.25, 0.3) is 0 Å². The van der Waals surface area contributed by atoms with Gasteiger partial charge in [-0.25, -0.2) is 0 Å². The van der Waals surface area contributed by atoms with Gasteiger partial charge in [0.15, 0.2) is 17.3 Å². The zero-order chi connectivity index (χ0) is 13.8. The molecule has 0 atom stereocenters. The van der Waals surface area contributed by atoms with Crippen LogP contribution in [-0.4, -0.2) is 43.0 Å². The normalized spacial score (nSPS) is 12.7. The number of nitrogens with two attached hydrogens (primary N) is 1. The molecule has 0 saturated carbocycles. The Bertz CT molecular complexity index is 501. The molecule has 0 unspecified atom stereocenters. The number of primary amides is 1. The number of hydrogen-bond acceptors (Lipinski definition) is 5. The maximum atomic E-state index is 12.1. The molecule has 6 heteroatoms. The summed E-state index contributed by atoms with van der Waals surface area (Å²) < 4.78 is 10.4. The average Bonchev–Trinajstić information content (AvgIpc) is 2.84. The number of carbonyl (C=O) groups is 2. The molecule has 0 saturated heterocycles. The number of ketones is 1. The molecule has 6 nitrogen and oxygen atoms in total. The van der Waals surface area contributed by atoms with E-state index < -0.39 is 5.91 Å². The van der Waals surface area contributed by atoms with Crippen molar-refractivity contribution in [1.82, 2.24) is 4.90 Å². The number of nitrogens with zero attached hydrogens (tertiary/aromatic N) is 1. The molecule has 0 aliphatic carbocycles. The van der Waals surface area contributed by atoms with Gasteiger partial charge in [-0.1, -0.05) is 6.92 Å². The highest BCUT2D eigenvalue weighted by atomic mass is 16.7. The predicted molar refractivity (Wildman–Crippen MR) is 68.2 cm³/mol. The van der Waals surface area contributed by atoms with Gasteiger partial charge in [0.2, 0.25) is 12.7 Å². The summed E-state index contributed by atoms with van der Waals surface area (Å²) in [5.74, 6) is 0.687. The van der Waals surface area contributed by atoms with E-state index >= 15 is 0 Å². The van der Waals surface area contributed by atoms with Crippen molar-refractivity contribution in [2.24, 2.45) is 5.73 Å². The van der Waals surface area contributed by atoms with Crippen molar-refractivity contribution < 1.29 is 19.1 Å². The molecule has 1 aromatic rings. The van der Waals surface area contributed by atoms with E-state index in [2.05, 4.69) is 0 Å². The fourth-order valence-electron chi connectivity index (χ4n) is 1.86. The lowest BCUT2D eigenvalue weighted by Crippen LogP contribution is -2.37. The maximum absolute atomic E-state index is 12.1. The lowest BCUT2D eigenvalue weighted by molar-refractivity contribution is -0.118. The largest absolute Gasteiger partial charge is 0.454 e. The fraction of sp³-hybridized carbons (Fsp3) is 0.385. The quantitative estimate of drug-likeness (QED) is 0.752. The molecule has 19 heavy (non-hydrogen) atoms. The van der Waals surface area contributed by atoms with Crippen LogP contribution in [0.25, 0.3) is 0 Å². The number of ether oxygens (including phenoxy) is 2. The monoisotopic (exact) mass is 264 g/mol. The van der Waals surface area contributed by atoms with E-state index in [0.717, 1.165) is 0 Å². The number of hydrogen-bond donors (Lipinski definition) is 1. The Hall–Kier alpha value is -2.08. The second kappa shape index (κ2) is 5.71. The van der Waals surface area contributed by atoms with Crippen molar-refractivity contribution in [3.8, 4) is 11.5 Å². The van der Waals surface area contributed by atoms with Crippen molar-refractivity contribution in [3.63, 3.8) is 0 Å². The van der Waals surface area contributed by atoms with Gasteiger partial charge < -0.3 is 15.2 Å². The molecule has 0 aromatic heterocycles. The molecule has 102 valence electrons. The van der Waals surface area contributed by atoms with E-state index in [-0.39, 0.29) is 25.7 Å². The van der Waals surface area contributed by atoms with Gasteiger partial charge >= 0.3 is 0 Å². The van der Waals surface area contributed by atoms with Crippen LogP contribution in [0.4, 0.5) is 0 Å². The Morgan fingerprint density at radius 3 is 2.68 bits per heavy atom. The van der Waals surface area contributed by atoms with Gasteiger partial charge in [0.1, 0.15) is 0 Å². The number of likely N-dealkylation sites (N-methyl/N-ethyl adjacent to an activating group) is 1. The Labute approximate surface area is 111 Å². The first-order valence-electron chi connectivity index (χ1n) is 6.03. The molecular weight excluding hydrogens is 248 g/mol. The van der Waals surface area contributed by atoms with Gasteiger partial charge in [-0.2, -0.15) is 0 Å². The standard InChI is InChI=1S/C13H16N2O4/c1-2-15(7-13(14)17)6-10(16)9-3-4-11-12(5-9)19-8-18-11/h3-5H,2,6-8H2,1H3,(H2,14,17). The maximum Gasteiger partial charge on any atom is 0.231 e. The third-order valence-corrected chi connectivity index (χ3v) is 2.89. The summed E-state index contributed by atoms with van der Waals surface area (Å²) >= 11 is 0. The molecule has 0 bridgehead atoms. The minimum atomic E-state index is -0.444. The van der Waals surface area contributed by atoms with Gasteiger partial charge in [-0.15, -0.1) is 0 Å². The Kier molecular flexibility index (Phi) is 4.01. The molecule has 1 aliphatic rings. The van der Waals surface area contributed by atoms with Crippen LogP contribution in [0.1, 0.15) is 17.3 Å². The van der Waals surface area contributed by atoms with E-state index in [9.17, 15) is 9.59 Å². The summed E-state index contributed by atoms with van der Waals surface area (Å²) in [5.41, 5.74) is 5.66. The van der Waals surface area contributed by atoms with Crippen LogP contribution >= 0.6 is 0 Å². The number of fused-ring (bicyclic) bond motifs is 1. The Balaban J connectivity index is 2.05. The predicted octanol–water partition coefficient (Wildman–Crippen LogP) is 0.405.